The van der Waals surface area contributed by atoms with Crippen LogP contribution in [0.3, 0.4) is 0 Å². The van der Waals surface area contributed by atoms with Crippen LogP contribution in [-0.4, -0.2) is 12.5 Å². The van der Waals surface area contributed by atoms with Gasteiger partial charge >= 0.3 is 0 Å². The van der Waals surface area contributed by atoms with Crippen molar-refractivity contribution >= 4 is 11.6 Å². The van der Waals surface area contributed by atoms with E-state index in [0.29, 0.717) is 17.7 Å². The van der Waals surface area contributed by atoms with E-state index in [1.165, 1.54) is 6.07 Å². The van der Waals surface area contributed by atoms with E-state index in [-0.39, 0.29) is 11.9 Å². The lowest BCUT2D eigenvalue weighted by Crippen LogP contribution is -2.49. The highest BCUT2D eigenvalue weighted by Gasteiger charge is 2.37. The van der Waals surface area contributed by atoms with E-state index >= 15 is 0 Å². The molecule has 0 fully saturated rings. The Morgan fingerprint density at radius 2 is 2.00 bits per heavy atom. The van der Waals surface area contributed by atoms with E-state index in [2.05, 4.69) is 5.32 Å². The molecule has 2 aliphatic rings. The van der Waals surface area contributed by atoms with Gasteiger partial charge in [0, 0.05) is 12.6 Å². The van der Waals surface area contributed by atoms with Gasteiger partial charge in [0.2, 0.25) is 0 Å². The van der Waals surface area contributed by atoms with Crippen molar-refractivity contribution in [1.29, 1.82) is 0 Å². The Hall–Kier alpha value is -2.47. The maximum Gasteiger partial charge on any atom is 0.255 e. The highest BCUT2D eigenvalue weighted by molar-refractivity contribution is 6.03. The quantitative estimate of drug-likeness (QED) is 0.850. The van der Waals surface area contributed by atoms with Gasteiger partial charge in [-0.3, -0.25) is 4.79 Å². The SMILES string of the molecule is N[C@@H]1CCN2c3c(cccc31)C(=O)N[C@H]2c1ccc(F)c(F)c1. The molecule has 6 heteroatoms. The van der Waals surface area contributed by atoms with Gasteiger partial charge in [0.05, 0.1) is 11.3 Å². The van der Waals surface area contributed by atoms with Gasteiger partial charge in [-0.15, -0.1) is 0 Å². The molecule has 0 aliphatic carbocycles. The number of carbonyl (C=O) groups is 1. The zero-order chi connectivity index (χ0) is 16.1. The fourth-order valence-electron chi connectivity index (χ4n) is 3.39. The number of rotatable bonds is 1. The van der Waals surface area contributed by atoms with Crippen molar-refractivity contribution in [3.63, 3.8) is 0 Å². The molecule has 3 N–H and O–H groups in total. The first kappa shape index (κ1) is 14.1. The second-order valence-corrected chi connectivity index (χ2v) is 5.88. The van der Waals surface area contributed by atoms with E-state index in [0.717, 1.165) is 29.8 Å². The maximum atomic E-state index is 13.6. The van der Waals surface area contributed by atoms with Crippen LogP contribution in [0, 0.1) is 11.6 Å². The van der Waals surface area contributed by atoms with Crippen LogP contribution in [0.2, 0.25) is 0 Å². The molecule has 2 aliphatic heterocycles. The average molecular weight is 315 g/mol. The summed E-state index contributed by atoms with van der Waals surface area (Å²) in [6.45, 7) is 0.634. The lowest BCUT2D eigenvalue weighted by molar-refractivity contribution is 0.0925. The highest BCUT2D eigenvalue weighted by atomic mass is 19.2. The van der Waals surface area contributed by atoms with Crippen molar-refractivity contribution in [1.82, 2.24) is 5.32 Å². The van der Waals surface area contributed by atoms with Gasteiger partial charge in [-0.25, -0.2) is 8.78 Å². The van der Waals surface area contributed by atoms with Crippen molar-refractivity contribution in [2.75, 3.05) is 11.4 Å². The molecule has 0 radical (unpaired) electrons. The van der Waals surface area contributed by atoms with Crippen molar-refractivity contribution in [2.24, 2.45) is 5.73 Å². The van der Waals surface area contributed by atoms with E-state index in [9.17, 15) is 13.6 Å². The molecule has 1 amide bonds. The molecule has 118 valence electrons. The third-order valence-corrected chi connectivity index (χ3v) is 4.52. The summed E-state index contributed by atoms with van der Waals surface area (Å²) in [6.07, 6.45) is 0.200. The molecule has 0 saturated heterocycles. The fourth-order valence-corrected chi connectivity index (χ4v) is 3.39. The third-order valence-electron chi connectivity index (χ3n) is 4.52. The molecular formula is C17H15F2N3O. The molecular weight excluding hydrogens is 300 g/mol. The molecule has 0 spiro atoms. The first-order valence-electron chi connectivity index (χ1n) is 7.47. The van der Waals surface area contributed by atoms with Crippen molar-refractivity contribution in [2.45, 2.75) is 18.6 Å². The summed E-state index contributed by atoms with van der Waals surface area (Å²) in [5, 5.41) is 2.87. The Morgan fingerprint density at radius 3 is 2.78 bits per heavy atom. The van der Waals surface area contributed by atoms with E-state index in [4.69, 9.17) is 5.73 Å². The largest absolute Gasteiger partial charge is 0.346 e. The summed E-state index contributed by atoms with van der Waals surface area (Å²) >= 11 is 0. The normalized spacial score (nSPS) is 22.6. The number of halogens is 2. The van der Waals surface area contributed by atoms with Gasteiger partial charge in [0.1, 0.15) is 6.17 Å². The Labute approximate surface area is 131 Å². The lowest BCUT2D eigenvalue weighted by atomic mass is 9.90. The van der Waals surface area contributed by atoms with Crippen LogP contribution in [0.1, 0.15) is 40.1 Å². The minimum absolute atomic E-state index is 0.127. The molecule has 2 atom stereocenters. The van der Waals surface area contributed by atoms with Gasteiger partial charge in [-0.1, -0.05) is 18.2 Å². The summed E-state index contributed by atoms with van der Waals surface area (Å²) in [5.41, 5.74) is 8.94. The van der Waals surface area contributed by atoms with E-state index in [1.54, 1.807) is 6.07 Å². The van der Waals surface area contributed by atoms with Gasteiger partial charge in [0.15, 0.2) is 11.6 Å². The van der Waals surface area contributed by atoms with Crippen LogP contribution in [-0.2, 0) is 0 Å². The molecule has 0 bridgehead atoms. The predicted octanol–water partition coefficient (Wildman–Crippen LogP) is 2.62. The van der Waals surface area contributed by atoms with Crippen LogP contribution in [0.25, 0.3) is 0 Å². The Morgan fingerprint density at radius 1 is 1.17 bits per heavy atom. The summed E-state index contributed by atoms with van der Waals surface area (Å²) in [7, 11) is 0. The second-order valence-electron chi connectivity index (χ2n) is 5.88. The second kappa shape index (κ2) is 5.03. The van der Waals surface area contributed by atoms with Gasteiger partial charge in [-0.05, 0) is 35.7 Å². The molecule has 4 nitrogen and oxygen atoms in total. The van der Waals surface area contributed by atoms with Crippen molar-refractivity contribution < 1.29 is 13.6 Å². The first-order chi connectivity index (χ1) is 11.1. The lowest BCUT2D eigenvalue weighted by Gasteiger charge is -2.44. The smallest absolute Gasteiger partial charge is 0.255 e. The standard InChI is InChI=1S/C17H15F2N3O/c18-12-5-4-9(8-13(12)19)16-21-17(23)11-3-1-2-10-14(20)6-7-22(16)15(10)11/h1-5,8,14,16H,6-7,20H2,(H,21,23)/t14-,16-/m1/s1. The minimum Gasteiger partial charge on any atom is -0.346 e. The molecule has 0 saturated carbocycles. The topological polar surface area (TPSA) is 58.4 Å². The molecule has 2 aromatic rings. The van der Waals surface area contributed by atoms with Crippen LogP contribution in [0.5, 0.6) is 0 Å². The zero-order valence-electron chi connectivity index (χ0n) is 12.2. The van der Waals surface area contributed by atoms with E-state index in [1.807, 2.05) is 17.0 Å². The number of nitrogens with two attached hydrogens (primary N) is 1. The first-order valence-corrected chi connectivity index (χ1v) is 7.47. The van der Waals surface area contributed by atoms with Gasteiger partial charge in [-0.2, -0.15) is 0 Å². The Bertz CT molecular complexity index is 808. The molecule has 4 rings (SSSR count). The Kier molecular flexibility index (Phi) is 3.09. The van der Waals surface area contributed by atoms with Crippen molar-refractivity contribution in [3.05, 3.63) is 64.7 Å². The number of amides is 1. The zero-order valence-corrected chi connectivity index (χ0v) is 12.2. The summed E-state index contributed by atoms with van der Waals surface area (Å²) < 4.78 is 26.8. The van der Waals surface area contributed by atoms with Crippen LogP contribution in [0.4, 0.5) is 14.5 Å². The minimum atomic E-state index is -0.926. The average Bonchev–Trinajstić information content (AvgIpc) is 2.55. The molecule has 0 aromatic heterocycles. The van der Waals surface area contributed by atoms with E-state index < -0.39 is 17.8 Å². The predicted molar refractivity (Wildman–Crippen MR) is 81.9 cm³/mol. The van der Waals surface area contributed by atoms with Gasteiger partial charge in [0.25, 0.3) is 5.91 Å². The summed E-state index contributed by atoms with van der Waals surface area (Å²) in [5.74, 6) is -2.07. The molecule has 2 aromatic carbocycles. The number of hydrogen-bond acceptors (Lipinski definition) is 3. The maximum absolute atomic E-state index is 13.6. The number of benzene rings is 2. The highest BCUT2D eigenvalue weighted by Crippen LogP contribution is 2.42. The number of nitrogens with one attached hydrogen (secondary N) is 1. The number of para-hydroxylation sites is 1. The molecule has 0 unspecified atom stereocenters. The number of carbonyl (C=O) groups excluding carboxylic acids is 1. The summed E-state index contributed by atoms with van der Waals surface area (Å²) in [4.78, 5) is 14.4. The fraction of sp³-hybridized carbons (Fsp3) is 0.235. The Balaban J connectivity index is 1.85. The van der Waals surface area contributed by atoms with Gasteiger partial charge < -0.3 is 16.0 Å². The number of anilines is 1. The van der Waals surface area contributed by atoms with Crippen LogP contribution >= 0.6 is 0 Å². The number of nitrogens with zero attached hydrogens (tertiary/aromatic N) is 1. The molecule has 23 heavy (non-hydrogen) atoms. The number of hydrogen-bond donors (Lipinski definition) is 2. The van der Waals surface area contributed by atoms with Crippen LogP contribution in [0.15, 0.2) is 36.4 Å². The molecule has 2 heterocycles. The third kappa shape index (κ3) is 2.09. The van der Waals surface area contributed by atoms with Crippen LogP contribution < -0.4 is 16.0 Å². The summed E-state index contributed by atoms with van der Waals surface area (Å²) in [6, 6.07) is 9.05. The monoisotopic (exact) mass is 315 g/mol. The van der Waals surface area contributed by atoms with Crippen molar-refractivity contribution in [3.8, 4) is 0 Å².